The molecule has 0 aliphatic rings. The fourth-order valence-electron chi connectivity index (χ4n) is 4.05. The van der Waals surface area contributed by atoms with E-state index in [1.165, 1.54) is 18.5 Å². The van der Waals surface area contributed by atoms with E-state index in [1.807, 2.05) is 21.0 Å². The zero-order valence-corrected chi connectivity index (χ0v) is 24.5. The number of hydrogen-bond donors (Lipinski definition) is 5. The van der Waals surface area contributed by atoms with Gasteiger partial charge in [0.25, 0.3) is 11.1 Å². The highest BCUT2D eigenvalue weighted by Crippen LogP contribution is 2.29. The third-order valence-electron chi connectivity index (χ3n) is 6.25. The molecule has 15 heteroatoms. The van der Waals surface area contributed by atoms with Gasteiger partial charge in [-0.3, -0.25) is 9.59 Å². The third kappa shape index (κ3) is 7.01. The first-order chi connectivity index (χ1) is 20.3. The zero-order chi connectivity index (χ0) is 32.0. The van der Waals surface area contributed by atoms with Gasteiger partial charge in [0, 0.05) is 69.7 Å². The molecule has 0 atom stereocenters. The van der Waals surface area contributed by atoms with Gasteiger partial charge in [-0.15, -0.1) is 0 Å². The molecule has 0 spiro atoms. The van der Waals surface area contributed by atoms with Gasteiger partial charge in [-0.25, -0.2) is 29.5 Å². The number of aromatic carboxylic acids is 2. The van der Waals surface area contributed by atoms with E-state index in [0.717, 1.165) is 5.56 Å². The van der Waals surface area contributed by atoms with E-state index in [0.29, 0.717) is 52.8 Å². The van der Waals surface area contributed by atoms with Crippen molar-refractivity contribution in [2.75, 3.05) is 38.0 Å². The first kappa shape index (κ1) is 31.9. The molecule has 0 aliphatic carbocycles. The van der Waals surface area contributed by atoms with Crippen LogP contribution < -0.4 is 20.9 Å². The lowest BCUT2D eigenvalue weighted by atomic mass is 10.0. The van der Waals surface area contributed by atoms with Crippen LogP contribution in [-0.4, -0.2) is 85.4 Å². The molecular formula is C28H32N8O7. The van der Waals surface area contributed by atoms with Crippen LogP contribution >= 0.6 is 0 Å². The van der Waals surface area contributed by atoms with Crippen LogP contribution in [0.1, 0.15) is 45.7 Å². The highest BCUT2D eigenvalue weighted by Gasteiger charge is 2.22. The fraction of sp³-hybridized carbons (Fsp3) is 0.286. The molecule has 0 amide bonds. The number of nitrogens with zero attached hydrogens (tertiary/aromatic N) is 6. The predicted octanol–water partition coefficient (Wildman–Crippen LogP) is 2.02. The quantitative estimate of drug-likeness (QED) is 0.198. The lowest BCUT2D eigenvalue weighted by Crippen LogP contribution is -2.20. The summed E-state index contributed by atoms with van der Waals surface area (Å²) in [6, 6.07) is 1.40. The topological polar surface area (TPSA) is 219 Å². The molecular weight excluding hydrogens is 560 g/mol. The lowest BCUT2D eigenvalue weighted by molar-refractivity contribution is 0.0682. The van der Waals surface area contributed by atoms with E-state index in [-0.39, 0.29) is 5.56 Å². The van der Waals surface area contributed by atoms with Gasteiger partial charge in [-0.05, 0) is 24.5 Å². The smallest absolute Gasteiger partial charge is 0.345 e. The van der Waals surface area contributed by atoms with Gasteiger partial charge in [0.1, 0.15) is 11.3 Å². The Balaban J connectivity index is 0.000000236. The summed E-state index contributed by atoms with van der Waals surface area (Å²) in [6.45, 7) is 3.63. The Morgan fingerprint density at radius 2 is 1.21 bits per heavy atom. The molecule has 0 bridgehead atoms. The molecule has 4 aromatic heterocycles. The number of carbonyl (C=O) groups is 2. The van der Waals surface area contributed by atoms with Crippen molar-refractivity contribution in [3.05, 3.63) is 73.8 Å². The summed E-state index contributed by atoms with van der Waals surface area (Å²) in [5.41, 5.74) is 0.649. The number of aromatic nitrogens is 6. The number of pyridine rings is 2. The van der Waals surface area contributed by atoms with E-state index in [4.69, 9.17) is 10.2 Å². The number of carboxylic acid groups (broad SMARTS) is 2. The summed E-state index contributed by atoms with van der Waals surface area (Å²) in [7, 11) is 7.25. The maximum absolute atomic E-state index is 11.9. The van der Waals surface area contributed by atoms with Gasteiger partial charge in [0.05, 0.1) is 11.4 Å². The van der Waals surface area contributed by atoms with E-state index in [2.05, 4.69) is 29.9 Å². The maximum Gasteiger partial charge on any atom is 0.345 e. The number of nitrogens with one attached hydrogen (secondary N) is 2. The Morgan fingerprint density at radius 3 is 1.60 bits per heavy atom. The molecule has 226 valence electrons. The van der Waals surface area contributed by atoms with Crippen LogP contribution in [0, 0.1) is 0 Å². The van der Waals surface area contributed by atoms with Gasteiger partial charge in [-0.2, -0.15) is 0 Å². The first-order valence-corrected chi connectivity index (χ1v) is 13.0. The van der Waals surface area contributed by atoms with Crippen LogP contribution in [0.2, 0.25) is 0 Å². The van der Waals surface area contributed by atoms with Crippen LogP contribution in [-0.2, 0) is 12.8 Å². The second-order valence-corrected chi connectivity index (χ2v) is 9.59. The van der Waals surface area contributed by atoms with Crippen LogP contribution in [0.5, 0.6) is 5.75 Å². The molecule has 0 aliphatic heterocycles. The average Bonchev–Trinajstić information content (AvgIpc) is 2.96. The number of anilines is 2. The first-order valence-electron chi connectivity index (χ1n) is 13.0. The van der Waals surface area contributed by atoms with Crippen molar-refractivity contribution in [1.29, 1.82) is 0 Å². The number of aryl methyl sites for hydroxylation is 1. The number of aromatic hydroxyl groups is 1. The van der Waals surface area contributed by atoms with E-state index >= 15 is 0 Å². The van der Waals surface area contributed by atoms with Gasteiger partial charge >= 0.3 is 11.9 Å². The molecule has 4 aromatic rings. The summed E-state index contributed by atoms with van der Waals surface area (Å²) in [6.07, 6.45) is 7.15. The molecule has 0 unspecified atom stereocenters. The third-order valence-corrected chi connectivity index (χ3v) is 6.25. The average molecular weight is 593 g/mol. The summed E-state index contributed by atoms with van der Waals surface area (Å²) >= 11 is 0. The summed E-state index contributed by atoms with van der Waals surface area (Å²) in [5.74, 6) is -2.18. The molecule has 5 N–H and O–H groups in total. The molecule has 4 rings (SSSR count). The second-order valence-electron chi connectivity index (χ2n) is 9.59. The minimum absolute atomic E-state index is 0.263. The number of rotatable bonds is 8. The minimum atomic E-state index is -1.47. The second kappa shape index (κ2) is 13.4. The summed E-state index contributed by atoms with van der Waals surface area (Å²) in [4.78, 5) is 71.0. The van der Waals surface area contributed by atoms with Gasteiger partial charge in [0.15, 0.2) is 5.56 Å². The molecule has 0 saturated carbocycles. The summed E-state index contributed by atoms with van der Waals surface area (Å²) < 4.78 is 0. The zero-order valence-electron chi connectivity index (χ0n) is 24.5. The Labute approximate surface area is 245 Å². The van der Waals surface area contributed by atoms with Crippen LogP contribution in [0.15, 0.2) is 40.4 Å². The van der Waals surface area contributed by atoms with Crippen molar-refractivity contribution in [2.45, 2.75) is 26.7 Å². The van der Waals surface area contributed by atoms with Crippen molar-refractivity contribution >= 4 is 23.8 Å². The molecule has 0 aromatic carbocycles. The molecule has 4 heterocycles. The fourth-order valence-corrected chi connectivity index (χ4v) is 4.05. The Hall–Kier alpha value is -5.60. The van der Waals surface area contributed by atoms with Gasteiger partial charge in [0.2, 0.25) is 11.9 Å². The van der Waals surface area contributed by atoms with E-state index < -0.39 is 34.4 Å². The van der Waals surface area contributed by atoms with Crippen LogP contribution in [0.25, 0.3) is 22.5 Å². The van der Waals surface area contributed by atoms with Crippen molar-refractivity contribution in [3.8, 4) is 28.3 Å². The standard InChI is InChI=1S/C14H16N4O4.C14H16N4O3/c1-4-8-10(7-5-15-14(16-6-7)18(2)3)17-12(20)9(11(8)19)13(21)22;1-4-8-5-10(13(20)21)12(19)17-11(8)9-6-15-14(16-7-9)18(2)3/h5-6H,4H2,1-3H3,(H,21,22)(H2,17,19,20);5-7H,4H2,1-3H3,(H,17,19)(H,20,21). The summed E-state index contributed by atoms with van der Waals surface area (Å²) in [5, 5.41) is 28.1. The van der Waals surface area contributed by atoms with Crippen LogP contribution in [0.4, 0.5) is 11.9 Å². The molecule has 43 heavy (non-hydrogen) atoms. The number of aromatic amines is 2. The number of hydrogen-bond acceptors (Lipinski definition) is 11. The number of carboxylic acids is 2. The van der Waals surface area contributed by atoms with Crippen molar-refractivity contribution < 1.29 is 24.9 Å². The Kier molecular flexibility index (Phi) is 9.93. The highest BCUT2D eigenvalue weighted by molar-refractivity contribution is 5.92. The minimum Gasteiger partial charge on any atom is -0.506 e. The van der Waals surface area contributed by atoms with Crippen molar-refractivity contribution in [2.24, 2.45) is 0 Å². The normalized spacial score (nSPS) is 10.5. The molecule has 0 saturated heterocycles. The van der Waals surface area contributed by atoms with E-state index in [9.17, 15) is 24.3 Å². The van der Waals surface area contributed by atoms with Crippen LogP contribution in [0.3, 0.4) is 0 Å². The monoisotopic (exact) mass is 592 g/mol. The Morgan fingerprint density at radius 1 is 0.744 bits per heavy atom. The molecule has 0 fully saturated rings. The molecule has 15 nitrogen and oxygen atoms in total. The maximum atomic E-state index is 11.9. The predicted molar refractivity (Wildman–Crippen MR) is 159 cm³/mol. The van der Waals surface area contributed by atoms with E-state index in [1.54, 1.807) is 43.2 Å². The largest absolute Gasteiger partial charge is 0.506 e. The van der Waals surface area contributed by atoms with Gasteiger partial charge in [-0.1, -0.05) is 13.8 Å². The van der Waals surface area contributed by atoms with Gasteiger partial charge < -0.3 is 35.1 Å². The SMILES string of the molecule is CCc1c(-c2cnc(N(C)C)nc2)[nH]c(=O)c(C(=O)O)c1O.CCc1cc(C(=O)O)c(=O)[nH]c1-c1cnc(N(C)C)nc1. The highest BCUT2D eigenvalue weighted by atomic mass is 16.4. The Bertz CT molecular complexity index is 1750. The number of H-pyrrole nitrogens is 2. The van der Waals surface area contributed by atoms with Crippen molar-refractivity contribution in [1.82, 2.24) is 29.9 Å². The lowest BCUT2D eigenvalue weighted by Gasteiger charge is -2.13. The van der Waals surface area contributed by atoms with Crippen molar-refractivity contribution in [3.63, 3.8) is 0 Å². The molecule has 0 radical (unpaired) electrons.